The highest BCUT2D eigenvalue weighted by Gasteiger charge is 2.34. The molecule has 1 amide bonds. The van der Waals surface area contributed by atoms with Gasteiger partial charge in [-0.15, -0.1) is 0 Å². The Kier molecular flexibility index (Phi) is 4.50. The van der Waals surface area contributed by atoms with Gasteiger partial charge in [-0.3, -0.25) is 9.59 Å². The molecule has 1 aromatic rings. The summed E-state index contributed by atoms with van der Waals surface area (Å²) in [5.41, 5.74) is -0.0513. The quantitative estimate of drug-likeness (QED) is 0.841. The average Bonchev–Trinajstić information content (AvgIpc) is 2.81. The molecule has 0 unspecified atom stereocenters. The summed E-state index contributed by atoms with van der Waals surface area (Å²) in [5.74, 6) is -2.90. The molecule has 1 saturated carbocycles. The summed E-state index contributed by atoms with van der Waals surface area (Å²) in [5, 5.41) is 11.5. The van der Waals surface area contributed by atoms with Gasteiger partial charge in [0.25, 0.3) is 5.91 Å². The summed E-state index contributed by atoms with van der Waals surface area (Å²) in [6.07, 6.45) is 1.82. The number of nitrogens with one attached hydrogen (secondary N) is 1. The molecule has 2 N–H and O–H groups in total. The Balaban J connectivity index is 2.16. The smallest absolute Gasteiger partial charge is 0.308 e. The van der Waals surface area contributed by atoms with Crippen LogP contribution in [0, 0.1) is 11.7 Å². The van der Waals surface area contributed by atoms with Gasteiger partial charge in [0.2, 0.25) is 0 Å². The summed E-state index contributed by atoms with van der Waals surface area (Å²) in [7, 11) is 0. The molecule has 0 aromatic heterocycles. The molecule has 4 nitrogen and oxygen atoms in total. The van der Waals surface area contributed by atoms with Crippen LogP contribution in [0.15, 0.2) is 12.1 Å². The molecule has 0 radical (unpaired) electrons. The summed E-state index contributed by atoms with van der Waals surface area (Å²) < 4.78 is 13.4. The molecule has 1 aliphatic carbocycles. The maximum absolute atomic E-state index is 13.4. The fraction of sp³-hybridized carbons (Fsp3) is 0.385. The van der Waals surface area contributed by atoms with Gasteiger partial charge in [0.15, 0.2) is 0 Å². The highest BCUT2D eigenvalue weighted by molar-refractivity contribution is 6.36. The number of carbonyl (C=O) groups excluding carboxylic acids is 1. The minimum Gasteiger partial charge on any atom is -0.481 e. The Hall–Kier alpha value is -1.33. The molecule has 0 aliphatic heterocycles. The van der Waals surface area contributed by atoms with Crippen LogP contribution in [-0.4, -0.2) is 23.0 Å². The van der Waals surface area contributed by atoms with Crippen LogP contribution in [-0.2, 0) is 4.79 Å². The van der Waals surface area contributed by atoms with Crippen molar-refractivity contribution in [2.75, 3.05) is 0 Å². The Morgan fingerprint density at radius 2 is 1.95 bits per heavy atom. The lowest BCUT2D eigenvalue weighted by atomic mass is 10.0. The van der Waals surface area contributed by atoms with Crippen molar-refractivity contribution in [1.29, 1.82) is 0 Å². The number of halogens is 3. The van der Waals surface area contributed by atoms with Gasteiger partial charge in [0.05, 0.1) is 21.5 Å². The standard InChI is InChI=1S/C13H12Cl2FNO3/c14-8-5-9(15)10(16)4-7(8)12(18)17-11-3-1-2-6(11)13(19)20/h4-6,11H,1-3H2,(H,17,18)(H,19,20)/t6-,11+/m1/s1. The zero-order valence-corrected chi connectivity index (χ0v) is 11.8. The van der Waals surface area contributed by atoms with Crippen LogP contribution >= 0.6 is 23.2 Å². The van der Waals surface area contributed by atoms with E-state index in [0.29, 0.717) is 12.8 Å². The monoisotopic (exact) mass is 319 g/mol. The van der Waals surface area contributed by atoms with E-state index in [1.807, 2.05) is 0 Å². The van der Waals surface area contributed by atoms with E-state index in [1.54, 1.807) is 0 Å². The van der Waals surface area contributed by atoms with E-state index in [1.165, 1.54) is 0 Å². The second kappa shape index (κ2) is 5.97. The molecule has 0 spiro atoms. The van der Waals surface area contributed by atoms with Gasteiger partial charge >= 0.3 is 5.97 Å². The van der Waals surface area contributed by atoms with Crippen molar-refractivity contribution in [3.05, 3.63) is 33.6 Å². The second-order valence-electron chi connectivity index (χ2n) is 4.70. The van der Waals surface area contributed by atoms with Crippen molar-refractivity contribution >= 4 is 35.1 Å². The van der Waals surface area contributed by atoms with E-state index in [9.17, 15) is 14.0 Å². The number of carboxylic acid groups (broad SMARTS) is 1. The van der Waals surface area contributed by atoms with Gasteiger partial charge < -0.3 is 10.4 Å². The lowest BCUT2D eigenvalue weighted by molar-refractivity contribution is -0.142. The summed E-state index contributed by atoms with van der Waals surface area (Å²) in [6, 6.07) is 1.64. The van der Waals surface area contributed by atoms with Crippen LogP contribution < -0.4 is 5.32 Å². The van der Waals surface area contributed by atoms with Crippen molar-refractivity contribution in [2.24, 2.45) is 5.92 Å². The molecule has 0 heterocycles. The van der Waals surface area contributed by atoms with E-state index in [2.05, 4.69) is 5.32 Å². The Bertz CT molecular complexity index is 565. The van der Waals surface area contributed by atoms with Crippen molar-refractivity contribution in [2.45, 2.75) is 25.3 Å². The number of hydrogen-bond acceptors (Lipinski definition) is 2. The van der Waals surface area contributed by atoms with Gasteiger partial charge in [-0.05, 0) is 25.0 Å². The number of carboxylic acids is 1. The normalized spacial score (nSPS) is 21.8. The van der Waals surface area contributed by atoms with E-state index in [-0.39, 0.29) is 15.6 Å². The van der Waals surface area contributed by atoms with Gasteiger partial charge in [-0.1, -0.05) is 29.6 Å². The first-order chi connectivity index (χ1) is 9.40. The molecule has 108 valence electrons. The lowest BCUT2D eigenvalue weighted by Gasteiger charge is -2.18. The van der Waals surface area contributed by atoms with E-state index in [0.717, 1.165) is 18.6 Å². The van der Waals surface area contributed by atoms with Gasteiger partial charge in [0.1, 0.15) is 5.82 Å². The van der Waals surface area contributed by atoms with Crippen LogP contribution in [0.5, 0.6) is 0 Å². The first-order valence-corrected chi connectivity index (χ1v) is 6.84. The summed E-state index contributed by atoms with van der Waals surface area (Å²) in [4.78, 5) is 23.1. The van der Waals surface area contributed by atoms with Gasteiger partial charge in [0, 0.05) is 6.04 Å². The summed E-state index contributed by atoms with van der Waals surface area (Å²) >= 11 is 11.4. The molecule has 0 saturated heterocycles. The third kappa shape index (κ3) is 3.04. The largest absolute Gasteiger partial charge is 0.481 e. The molecular weight excluding hydrogens is 308 g/mol. The van der Waals surface area contributed by atoms with Gasteiger partial charge in [-0.2, -0.15) is 0 Å². The van der Waals surface area contributed by atoms with Crippen LogP contribution in [0.4, 0.5) is 4.39 Å². The molecular formula is C13H12Cl2FNO3. The van der Waals surface area contributed by atoms with E-state index >= 15 is 0 Å². The van der Waals surface area contributed by atoms with E-state index in [4.69, 9.17) is 28.3 Å². The molecule has 20 heavy (non-hydrogen) atoms. The molecule has 1 aliphatic rings. The highest BCUT2D eigenvalue weighted by atomic mass is 35.5. The Labute approximate surface area is 124 Å². The molecule has 7 heteroatoms. The number of hydrogen-bond donors (Lipinski definition) is 2. The number of rotatable bonds is 3. The minimum atomic E-state index is -0.943. The predicted molar refractivity (Wildman–Crippen MR) is 72.7 cm³/mol. The molecule has 1 fully saturated rings. The highest BCUT2D eigenvalue weighted by Crippen LogP contribution is 2.28. The maximum atomic E-state index is 13.4. The third-order valence-electron chi connectivity index (χ3n) is 3.40. The van der Waals surface area contributed by atoms with Crippen LogP contribution in [0.25, 0.3) is 0 Å². The van der Waals surface area contributed by atoms with Crippen LogP contribution in [0.1, 0.15) is 29.6 Å². The minimum absolute atomic E-state index is 0.0266. The molecule has 1 aromatic carbocycles. The van der Waals surface area contributed by atoms with E-state index < -0.39 is 29.7 Å². The van der Waals surface area contributed by atoms with Crippen molar-refractivity contribution < 1.29 is 19.1 Å². The molecule has 2 rings (SSSR count). The predicted octanol–water partition coefficient (Wildman–Crippen LogP) is 3.12. The number of aliphatic carboxylic acids is 1. The number of carbonyl (C=O) groups is 2. The van der Waals surface area contributed by atoms with Crippen LogP contribution in [0.2, 0.25) is 10.0 Å². The molecule has 2 atom stereocenters. The fourth-order valence-corrected chi connectivity index (χ4v) is 2.84. The third-order valence-corrected chi connectivity index (χ3v) is 4.01. The van der Waals surface area contributed by atoms with Gasteiger partial charge in [-0.25, -0.2) is 4.39 Å². The van der Waals surface area contributed by atoms with Crippen molar-refractivity contribution in [3.8, 4) is 0 Å². The topological polar surface area (TPSA) is 66.4 Å². The Morgan fingerprint density at radius 3 is 2.60 bits per heavy atom. The first kappa shape index (κ1) is 15.1. The number of benzene rings is 1. The Morgan fingerprint density at radius 1 is 1.25 bits per heavy atom. The maximum Gasteiger partial charge on any atom is 0.308 e. The molecule has 0 bridgehead atoms. The second-order valence-corrected chi connectivity index (χ2v) is 5.52. The van der Waals surface area contributed by atoms with Crippen molar-refractivity contribution in [1.82, 2.24) is 5.32 Å². The fourth-order valence-electron chi connectivity index (χ4n) is 2.37. The zero-order chi connectivity index (χ0) is 14.9. The van der Waals surface area contributed by atoms with Crippen LogP contribution in [0.3, 0.4) is 0 Å². The van der Waals surface area contributed by atoms with Crippen molar-refractivity contribution in [3.63, 3.8) is 0 Å². The summed E-state index contributed by atoms with van der Waals surface area (Å²) in [6.45, 7) is 0. The lowest BCUT2D eigenvalue weighted by Crippen LogP contribution is -2.40. The zero-order valence-electron chi connectivity index (χ0n) is 10.3. The average molecular weight is 320 g/mol. The number of amides is 1. The first-order valence-electron chi connectivity index (χ1n) is 6.08. The SMILES string of the molecule is O=C(N[C@H]1CCC[C@H]1C(=O)O)c1cc(F)c(Cl)cc1Cl.